The van der Waals surface area contributed by atoms with E-state index in [0.29, 0.717) is 0 Å². The summed E-state index contributed by atoms with van der Waals surface area (Å²) in [6.45, 7) is 0. The standard InChI is InChI=1S/C4H9BS2/c5-4-2-1-3-6-7-4/h4H,1-3,5H2. The van der Waals surface area contributed by atoms with Gasteiger partial charge >= 0.3 is 0 Å². The molecule has 1 heterocycles. The van der Waals surface area contributed by atoms with E-state index in [-0.39, 0.29) is 0 Å². The zero-order valence-corrected chi connectivity index (χ0v) is 6.15. The molecule has 1 atom stereocenters. The van der Waals surface area contributed by atoms with Gasteiger partial charge in [-0.25, -0.2) is 0 Å². The smallest absolute Gasteiger partial charge is 0.0997 e. The molecule has 0 saturated carbocycles. The molecule has 0 spiro atoms. The Labute approximate surface area is 53.6 Å². The largest absolute Gasteiger partial charge is 0.119 e. The van der Waals surface area contributed by atoms with Gasteiger partial charge in [-0.05, 0) is 18.0 Å². The van der Waals surface area contributed by atoms with Crippen molar-refractivity contribution in [3.05, 3.63) is 0 Å². The van der Waals surface area contributed by atoms with Crippen molar-refractivity contribution in [2.24, 2.45) is 0 Å². The Bertz CT molecular complexity index is 51.7. The van der Waals surface area contributed by atoms with E-state index in [4.69, 9.17) is 0 Å². The molecular formula is C4H9BS2. The second-order valence-electron chi connectivity index (χ2n) is 1.87. The number of rotatable bonds is 0. The maximum atomic E-state index is 2.30. The molecule has 0 aromatic carbocycles. The predicted molar refractivity (Wildman–Crippen MR) is 41.6 cm³/mol. The van der Waals surface area contributed by atoms with Gasteiger partial charge in [0.2, 0.25) is 0 Å². The van der Waals surface area contributed by atoms with Crippen molar-refractivity contribution in [2.45, 2.75) is 18.0 Å². The fraction of sp³-hybridized carbons (Fsp3) is 1.00. The third-order valence-corrected chi connectivity index (χ3v) is 4.12. The average Bonchev–Trinajstić information content (AvgIpc) is 1.69. The van der Waals surface area contributed by atoms with Crippen molar-refractivity contribution in [1.82, 2.24) is 0 Å². The lowest BCUT2D eigenvalue weighted by Gasteiger charge is -2.14. The third kappa shape index (κ3) is 2.00. The van der Waals surface area contributed by atoms with Crippen LogP contribution in [0.4, 0.5) is 0 Å². The summed E-state index contributed by atoms with van der Waals surface area (Å²) in [5.74, 6) is 1.37. The molecule has 0 aliphatic carbocycles. The summed E-state index contributed by atoms with van der Waals surface area (Å²) < 4.78 is 0. The maximum absolute atomic E-state index is 2.30. The molecule has 0 aromatic rings. The first kappa shape index (κ1) is 5.89. The molecule has 1 aliphatic heterocycles. The Morgan fingerprint density at radius 2 is 2.43 bits per heavy atom. The van der Waals surface area contributed by atoms with Gasteiger partial charge in [-0.2, -0.15) is 0 Å². The van der Waals surface area contributed by atoms with E-state index in [2.05, 4.69) is 7.85 Å². The molecule has 0 aromatic heterocycles. The fourth-order valence-electron chi connectivity index (χ4n) is 0.642. The van der Waals surface area contributed by atoms with E-state index in [9.17, 15) is 0 Å². The van der Waals surface area contributed by atoms with Gasteiger partial charge in [-0.3, -0.25) is 0 Å². The summed E-state index contributed by atoms with van der Waals surface area (Å²) in [6, 6.07) is 0. The van der Waals surface area contributed by atoms with E-state index >= 15 is 0 Å². The van der Waals surface area contributed by atoms with Crippen LogP contribution in [0.15, 0.2) is 0 Å². The maximum Gasteiger partial charge on any atom is 0.119 e. The zero-order chi connectivity index (χ0) is 5.11. The Morgan fingerprint density at radius 1 is 1.57 bits per heavy atom. The van der Waals surface area contributed by atoms with Crippen molar-refractivity contribution in [1.29, 1.82) is 0 Å². The first-order valence-electron chi connectivity index (χ1n) is 2.68. The van der Waals surface area contributed by atoms with Crippen LogP contribution in [0.1, 0.15) is 12.8 Å². The summed E-state index contributed by atoms with van der Waals surface area (Å²) in [5, 5.41) is 0.916. The van der Waals surface area contributed by atoms with Crippen molar-refractivity contribution < 1.29 is 0 Å². The Balaban J connectivity index is 2.12. The van der Waals surface area contributed by atoms with E-state index < -0.39 is 0 Å². The first-order chi connectivity index (χ1) is 3.39. The Kier molecular flexibility index (Phi) is 2.46. The van der Waals surface area contributed by atoms with Gasteiger partial charge in [0.25, 0.3) is 0 Å². The van der Waals surface area contributed by atoms with Gasteiger partial charge in [-0.15, -0.1) is 0 Å². The highest BCUT2D eigenvalue weighted by Gasteiger charge is 2.07. The lowest BCUT2D eigenvalue weighted by molar-refractivity contribution is 0.872. The quantitative estimate of drug-likeness (QED) is 0.358. The zero-order valence-electron chi connectivity index (χ0n) is 4.52. The van der Waals surface area contributed by atoms with Gasteiger partial charge in [0.05, 0.1) is 0 Å². The molecule has 1 saturated heterocycles. The van der Waals surface area contributed by atoms with Crippen LogP contribution in [0, 0.1) is 0 Å². The SMILES string of the molecule is BC1CCCSS1. The van der Waals surface area contributed by atoms with Crippen LogP contribution >= 0.6 is 21.6 Å². The molecule has 1 fully saturated rings. The second kappa shape index (κ2) is 2.93. The molecule has 0 nitrogen and oxygen atoms in total. The molecule has 3 heteroatoms. The molecule has 40 valence electrons. The van der Waals surface area contributed by atoms with Crippen LogP contribution in [-0.2, 0) is 0 Å². The van der Waals surface area contributed by atoms with Crippen molar-refractivity contribution >= 4 is 29.4 Å². The average molecular weight is 132 g/mol. The van der Waals surface area contributed by atoms with Crippen molar-refractivity contribution in [3.63, 3.8) is 0 Å². The van der Waals surface area contributed by atoms with Gasteiger partial charge in [0.15, 0.2) is 0 Å². The van der Waals surface area contributed by atoms with Crippen LogP contribution in [-0.4, -0.2) is 18.7 Å². The minimum atomic E-state index is 0.916. The molecule has 1 unspecified atom stereocenters. The first-order valence-corrected chi connectivity index (χ1v) is 5.06. The van der Waals surface area contributed by atoms with E-state index in [1.54, 1.807) is 0 Å². The van der Waals surface area contributed by atoms with Crippen molar-refractivity contribution in [2.75, 3.05) is 5.75 Å². The molecule has 0 amide bonds. The Hall–Kier alpha value is 0.765. The minimum Gasteiger partial charge on any atom is -0.0997 e. The molecular weight excluding hydrogens is 123 g/mol. The summed E-state index contributed by atoms with van der Waals surface area (Å²) in [4.78, 5) is 0. The molecule has 1 aliphatic rings. The summed E-state index contributed by atoms with van der Waals surface area (Å²) in [5.41, 5.74) is 0. The van der Waals surface area contributed by atoms with Crippen LogP contribution in [0.3, 0.4) is 0 Å². The molecule has 7 heavy (non-hydrogen) atoms. The van der Waals surface area contributed by atoms with E-state index in [1.807, 2.05) is 21.6 Å². The normalized spacial score (nSPS) is 32.9. The lowest BCUT2D eigenvalue weighted by atomic mass is 10.00. The van der Waals surface area contributed by atoms with E-state index in [1.165, 1.54) is 18.6 Å². The highest BCUT2D eigenvalue weighted by molar-refractivity contribution is 8.77. The fourth-order valence-corrected chi connectivity index (χ4v) is 3.15. The lowest BCUT2D eigenvalue weighted by Crippen LogP contribution is -2.04. The third-order valence-electron chi connectivity index (χ3n) is 1.07. The topological polar surface area (TPSA) is 0 Å². The second-order valence-corrected chi connectivity index (χ2v) is 4.80. The van der Waals surface area contributed by atoms with Crippen molar-refractivity contribution in [3.8, 4) is 0 Å². The number of hydrogen-bond acceptors (Lipinski definition) is 2. The minimum absolute atomic E-state index is 0.916. The van der Waals surface area contributed by atoms with Crippen LogP contribution in [0.5, 0.6) is 0 Å². The van der Waals surface area contributed by atoms with E-state index in [0.717, 1.165) is 5.15 Å². The van der Waals surface area contributed by atoms with Crippen LogP contribution < -0.4 is 0 Å². The van der Waals surface area contributed by atoms with Gasteiger partial charge in [0.1, 0.15) is 7.85 Å². The monoisotopic (exact) mass is 132 g/mol. The molecule has 0 N–H and O–H groups in total. The molecule has 1 rings (SSSR count). The highest BCUT2D eigenvalue weighted by atomic mass is 33.1. The van der Waals surface area contributed by atoms with Gasteiger partial charge in [0, 0.05) is 5.75 Å². The van der Waals surface area contributed by atoms with Crippen LogP contribution in [0.25, 0.3) is 0 Å². The summed E-state index contributed by atoms with van der Waals surface area (Å²) >= 11 is 0. The predicted octanol–water partition coefficient (Wildman–Crippen LogP) is 1.12. The number of hydrogen-bond donors (Lipinski definition) is 0. The van der Waals surface area contributed by atoms with Gasteiger partial charge < -0.3 is 0 Å². The molecule has 0 bridgehead atoms. The summed E-state index contributed by atoms with van der Waals surface area (Å²) in [6.07, 6.45) is 2.86. The summed E-state index contributed by atoms with van der Waals surface area (Å²) in [7, 11) is 6.36. The highest BCUT2D eigenvalue weighted by Crippen LogP contribution is 2.33. The van der Waals surface area contributed by atoms with Gasteiger partial charge in [-0.1, -0.05) is 21.6 Å². The Morgan fingerprint density at radius 3 is 2.71 bits per heavy atom. The molecule has 0 radical (unpaired) electrons. The van der Waals surface area contributed by atoms with Crippen LogP contribution in [0.2, 0.25) is 0 Å².